The normalized spacial score (nSPS) is 35.3. The van der Waals surface area contributed by atoms with E-state index in [-0.39, 0.29) is 12.1 Å². The van der Waals surface area contributed by atoms with E-state index in [1.165, 1.54) is 0 Å². The zero-order chi connectivity index (χ0) is 9.60. The lowest BCUT2D eigenvalue weighted by molar-refractivity contribution is -0.140. The number of carbonyl (C=O) groups excluding carboxylic acids is 1. The summed E-state index contributed by atoms with van der Waals surface area (Å²) in [6, 6.07) is 0. The lowest BCUT2D eigenvalue weighted by atomic mass is 9.91. The fourth-order valence-electron chi connectivity index (χ4n) is 2.83. The highest BCUT2D eigenvalue weighted by Gasteiger charge is 2.54. The Morgan fingerprint density at radius 2 is 2.21 bits per heavy atom. The molecule has 0 aromatic rings. The van der Waals surface area contributed by atoms with E-state index in [4.69, 9.17) is 4.74 Å². The second kappa shape index (κ2) is 2.94. The third-order valence-electron chi connectivity index (χ3n) is 3.62. The van der Waals surface area contributed by atoms with Crippen LogP contribution in [0.4, 0.5) is 0 Å². The molecule has 3 rings (SSSR count). The highest BCUT2D eigenvalue weighted by atomic mass is 16.6. The molecule has 4 nitrogen and oxygen atoms in total. The van der Waals surface area contributed by atoms with E-state index in [0.717, 1.165) is 45.3 Å². The number of fused-ring (bicyclic) bond motifs is 1. The molecular formula is C10H16N2O2. The molecule has 3 heterocycles. The van der Waals surface area contributed by atoms with E-state index in [0.29, 0.717) is 0 Å². The van der Waals surface area contributed by atoms with Crippen LogP contribution in [0.1, 0.15) is 25.7 Å². The molecule has 0 saturated carbocycles. The molecule has 14 heavy (non-hydrogen) atoms. The summed E-state index contributed by atoms with van der Waals surface area (Å²) in [5.74, 6) is 0.251. The predicted molar refractivity (Wildman–Crippen MR) is 50.7 cm³/mol. The van der Waals surface area contributed by atoms with Crippen LogP contribution in [0.15, 0.2) is 0 Å². The van der Waals surface area contributed by atoms with E-state index in [9.17, 15) is 4.79 Å². The molecule has 3 aliphatic heterocycles. The smallest absolute Gasteiger partial charge is 0.257 e. The highest BCUT2D eigenvalue weighted by molar-refractivity contribution is 5.87. The number of carbonyl (C=O) groups is 1. The van der Waals surface area contributed by atoms with E-state index in [1.54, 1.807) is 0 Å². The zero-order valence-corrected chi connectivity index (χ0v) is 8.29. The average Bonchev–Trinajstić information content (AvgIpc) is 2.73. The summed E-state index contributed by atoms with van der Waals surface area (Å²) in [4.78, 5) is 14.1. The van der Waals surface area contributed by atoms with Crippen LogP contribution in [-0.4, -0.2) is 42.3 Å². The molecule has 0 radical (unpaired) electrons. The van der Waals surface area contributed by atoms with Gasteiger partial charge in [0, 0.05) is 6.54 Å². The first-order valence-electron chi connectivity index (χ1n) is 5.51. The number of amides is 1. The summed E-state index contributed by atoms with van der Waals surface area (Å²) >= 11 is 0. The minimum Gasteiger partial charge on any atom is -0.342 e. The van der Waals surface area contributed by atoms with Gasteiger partial charge in [0.05, 0.1) is 0 Å². The molecule has 78 valence electrons. The largest absolute Gasteiger partial charge is 0.342 e. The first-order valence-corrected chi connectivity index (χ1v) is 5.51. The first-order chi connectivity index (χ1) is 6.82. The van der Waals surface area contributed by atoms with E-state index >= 15 is 0 Å². The third-order valence-corrected chi connectivity index (χ3v) is 3.62. The maximum absolute atomic E-state index is 12.1. The lowest BCUT2D eigenvalue weighted by Gasteiger charge is -2.31. The molecule has 3 saturated heterocycles. The Balaban J connectivity index is 1.85. The van der Waals surface area contributed by atoms with Crippen molar-refractivity contribution in [3.63, 3.8) is 0 Å². The van der Waals surface area contributed by atoms with Crippen molar-refractivity contribution in [1.82, 2.24) is 10.2 Å². The number of ether oxygens (including phenoxy) is 1. The number of nitrogens with zero attached hydrogens (tertiary/aromatic N) is 1. The summed E-state index contributed by atoms with van der Waals surface area (Å²) in [6.07, 6.45) is 3.92. The quantitative estimate of drug-likeness (QED) is 0.597. The van der Waals surface area contributed by atoms with Gasteiger partial charge in [-0.2, -0.15) is 0 Å². The molecule has 1 amide bonds. The van der Waals surface area contributed by atoms with Crippen molar-refractivity contribution in [2.45, 2.75) is 37.5 Å². The first kappa shape index (κ1) is 8.68. The Labute approximate surface area is 83.6 Å². The molecule has 3 aliphatic rings. The fourth-order valence-corrected chi connectivity index (χ4v) is 2.83. The molecule has 0 bridgehead atoms. The topological polar surface area (TPSA) is 41.6 Å². The number of nitrogens with one attached hydrogen (secondary N) is 1. The fraction of sp³-hybridized carbons (Fsp3) is 0.900. The van der Waals surface area contributed by atoms with Gasteiger partial charge in [-0.1, -0.05) is 0 Å². The Bertz CT molecular complexity index is 261. The Morgan fingerprint density at radius 3 is 2.93 bits per heavy atom. The van der Waals surface area contributed by atoms with Crippen molar-refractivity contribution in [3.05, 3.63) is 0 Å². The van der Waals surface area contributed by atoms with Gasteiger partial charge >= 0.3 is 0 Å². The SMILES string of the molecule is O=C1N2CCCC2OC12CCNCC2. The molecule has 1 N–H and O–H groups in total. The van der Waals surface area contributed by atoms with Gasteiger partial charge in [0.15, 0.2) is 5.60 Å². The number of hydrogen-bond acceptors (Lipinski definition) is 3. The lowest BCUT2D eigenvalue weighted by Crippen LogP contribution is -2.48. The van der Waals surface area contributed by atoms with Gasteiger partial charge in [0.1, 0.15) is 6.23 Å². The Hall–Kier alpha value is -0.610. The monoisotopic (exact) mass is 196 g/mol. The van der Waals surface area contributed by atoms with Gasteiger partial charge in [-0.05, 0) is 38.8 Å². The van der Waals surface area contributed by atoms with Crippen molar-refractivity contribution in [2.75, 3.05) is 19.6 Å². The molecule has 0 aromatic heterocycles. The molecule has 1 unspecified atom stereocenters. The molecule has 3 fully saturated rings. The van der Waals surface area contributed by atoms with Crippen LogP contribution in [-0.2, 0) is 9.53 Å². The van der Waals surface area contributed by atoms with E-state index in [2.05, 4.69) is 5.32 Å². The van der Waals surface area contributed by atoms with E-state index < -0.39 is 5.60 Å². The number of rotatable bonds is 0. The second-order valence-corrected chi connectivity index (χ2v) is 4.46. The molecule has 4 heteroatoms. The zero-order valence-electron chi connectivity index (χ0n) is 8.29. The standard InChI is InChI=1S/C10H16N2O2/c13-9-10(3-5-11-6-4-10)14-8-2-1-7-12(8)9/h8,11H,1-7H2. The van der Waals surface area contributed by atoms with Crippen LogP contribution < -0.4 is 5.32 Å². The summed E-state index contributed by atoms with van der Waals surface area (Å²) in [5, 5.41) is 3.27. The Morgan fingerprint density at radius 1 is 1.43 bits per heavy atom. The number of hydrogen-bond donors (Lipinski definition) is 1. The van der Waals surface area contributed by atoms with Gasteiger partial charge in [0.2, 0.25) is 0 Å². The van der Waals surface area contributed by atoms with Crippen LogP contribution in [0, 0.1) is 0 Å². The molecule has 0 aliphatic carbocycles. The van der Waals surface area contributed by atoms with Gasteiger partial charge in [-0.25, -0.2) is 0 Å². The minimum absolute atomic E-state index is 0.0978. The number of piperidine rings is 1. The maximum Gasteiger partial charge on any atom is 0.257 e. The minimum atomic E-state index is -0.448. The highest BCUT2D eigenvalue weighted by Crippen LogP contribution is 2.38. The third kappa shape index (κ3) is 1.04. The van der Waals surface area contributed by atoms with Gasteiger partial charge < -0.3 is 15.0 Å². The summed E-state index contributed by atoms with van der Waals surface area (Å²) < 4.78 is 5.96. The van der Waals surface area contributed by atoms with E-state index in [1.807, 2.05) is 4.90 Å². The second-order valence-electron chi connectivity index (χ2n) is 4.46. The van der Waals surface area contributed by atoms with Crippen molar-refractivity contribution in [1.29, 1.82) is 0 Å². The van der Waals surface area contributed by atoms with Crippen LogP contribution in [0.3, 0.4) is 0 Å². The summed E-state index contributed by atoms with van der Waals surface area (Å²) in [7, 11) is 0. The maximum atomic E-state index is 12.1. The Kier molecular flexibility index (Phi) is 1.82. The van der Waals surface area contributed by atoms with Gasteiger partial charge in [0.25, 0.3) is 5.91 Å². The van der Waals surface area contributed by atoms with Gasteiger partial charge in [-0.3, -0.25) is 4.79 Å². The molecule has 1 spiro atoms. The summed E-state index contributed by atoms with van der Waals surface area (Å²) in [6.45, 7) is 2.72. The summed E-state index contributed by atoms with van der Waals surface area (Å²) in [5.41, 5.74) is -0.448. The van der Waals surface area contributed by atoms with Crippen LogP contribution in [0.25, 0.3) is 0 Å². The molecule has 0 aromatic carbocycles. The average molecular weight is 196 g/mol. The molecular weight excluding hydrogens is 180 g/mol. The van der Waals surface area contributed by atoms with Crippen molar-refractivity contribution in [2.24, 2.45) is 0 Å². The van der Waals surface area contributed by atoms with Crippen LogP contribution >= 0.6 is 0 Å². The van der Waals surface area contributed by atoms with Crippen molar-refractivity contribution in [3.8, 4) is 0 Å². The van der Waals surface area contributed by atoms with Crippen molar-refractivity contribution < 1.29 is 9.53 Å². The molecule has 1 atom stereocenters. The predicted octanol–water partition coefficient (Wildman–Crippen LogP) is 0.0873. The van der Waals surface area contributed by atoms with Gasteiger partial charge in [-0.15, -0.1) is 0 Å². The van der Waals surface area contributed by atoms with Crippen LogP contribution in [0.2, 0.25) is 0 Å². The van der Waals surface area contributed by atoms with Crippen molar-refractivity contribution >= 4 is 5.91 Å². The van der Waals surface area contributed by atoms with Crippen LogP contribution in [0.5, 0.6) is 0 Å².